The van der Waals surface area contributed by atoms with Crippen LogP contribution in [0.5, 0.6) is 0 Å². The second kappa shape index (κ2) is 7.57. The average molecular weight is 332 g/mol. The molecule has 0 aliphatic heterocycles. The first-order valence-electron chi connectivity index (χ1n) is 8.21. The van der Waals surface area contributed by atoms with Crippen molar-refractivity contribution >= 4 is 23.2 Å². The van der Waals surface area contributed by atoms with Gasteiger partial charge in [0.05, 0.1) is 0 Å². The fraction of sp³-hybridized carbons (Fsp3) is 0.150. The molecule has 3 aromatic rings. The number of anilines is 3. The predicted octanol–water partition coefficient (Wildman–Crippen LogP) is 4.20. The number of nitrogens with zero attached hydrogens (tertiary/aromatic N) is 3. The second-order valence-corrected chi connectivity index (χ2v) is 5.64. The molecule has 1 aromatic heterocycles. The first kappa shape index (κ1) is 16.6. The van der Waals surface area contributed by atoms with Gasteiger partial charge < -0.3 is 10.2 Å². The topological polar surface area (TPSA) is 58.1 Å². The van der Waals surface area contributed by atoms with Crippen molar-refractivity contribution in [3.63, 3.8) is 0 Å². The summed E-state index contributed by atoms with van der Waals surface area (Å²) in [7, 11) is 0. The van der Waals surface area contributed by atoms with E-state index in [0.29, 0.717) is 18.2 Å². The molecule has 2 aromatic carbocycles. The summed E-state index contributed by atoms with van der Waals surface area (Å²) >= 11 is 0. The highest BCUT2D eigenvalue weighted by Gasteiger charge is 2.17. The standard InChI is InChI=1S/C20H20N4O/c1-3-24(17-10-5-4-6-11-17)19(25)18-12-13-21-20(23-18)22-16-9-7-8-15(2)14-16/h4-14H,3H2,1-2H3,(H,21,22,23). The Morgan fingerprint density at radius 2 is 1.88 bits per heavy atom. The molecule has 0 spiro atoms. The highest BCUT2D eigenvalue weighted by Crippen LogP contribution is 2.18. The van der Waals surface area contributed by atoms with E-state index in [-0.39, 0.29) is 5.91 Å². The molecule has 1 amide bonds. The first-order chi connectivity index (χ1) is 12.2. The monoisotopic (exact) mass is 332 g/mol. The summed E-state index contributed by atoms with van der Waals surface area (Å²) in [4.78, 5) is 23.1. The summed E-state index contributed by atoms with van der Waals surface area (Å²) in [5.41, 5.74) is 3.23. The van der Waals surface area contributed by atoms with Crippen LogP contribution in [0, 0.1) is 6.92 Å². The molecule has 0 saturated heterocycles. The maximum absolute atomic E-state index is 12.8. The number of nitrogens with one attached hydrogen (secondary N) is 1. The van der Waals surface area contributed by atoms with E-state index in [0.717, 1.165) is 16.9 Å². The third kappa shape index (κ3) is 4.01. The lowest BCUT2D eigenvalue weighted by Gasteiger charge is -2.20. The number of para-hydroxylation sites is 1. The Labute approximate surface area is 147 Å². The zero-order chi connectivity index (χ0) is 17.6. The van der Waals surface area contributed by atoms with Crippen LogP contribution in [0.2, 0.25) is 0 Å². The Balaban J connectivity index is 1.84. The molecule has 5 heteroatoms. The van der Waals surface area contributed by atoms with Gasteiger partial charge in [0.2, 0.25) is 5.95 Å². The zero-order valence-electron chi connectivity index (χ0n) is 14.3. The van der Waals surface area contributed by atoms with Gasteiger partial charge in [-0.05, 0) is 49.7 Å². The van der Waals surface area contributed by atoms with Gasteiger partial charge in [-0.3, -0.25) is 4.79 Å². The average Bonchev–Trinajstić information content (AvgIpc) is 2.63. The SMILES string of the molecule is CCN(C(=O)c1ccnc(Nc2cccc(C)c2)n1)c1ccccc1. The van der Waals surface area contributed by atoms with E-state index in [2.05, 4.69) is 15.3 Å². The van der Waals surface area contributed by atoms with Crippen molar-refractivity contribution in [2.75, 3.05) is 16.8 Å². The van der Waals surface area contributed by atoms with Gasteiger partial charge in [-0.2, -0.15) is 0 Å². The number of amides is 1. The van der Waals surface area contributed by atoms with Crippen molar-refractivity contribution in [1.82, 2.24) is 9.97 Å². The summed E-state index contributed by atoms with van der Waals surface area (Å²) in [5.74, 6) is 0.254. The van der Waals surface area contributed by atoms with E-state index >= 15 is 0 Å². The number of carbonyl (C=O) groups excluding carboxylic acids is 1. The molecule has 0 radical (unpaired) electrons. The summed E-state index contributed by atoms with van der Waals surface area (Å²) in [6.45, 7) is 4.52. The van der Waals surface area contributed by atoms with Crippen molar-refractivity contribution in [2.24, 2.45) is 0 Å². The fourth-order valence-corrected chi connectivity index (χ4v) is 2.58. The molecule has 5 nitrogen and oxygen atoms in total. The van der Waals surface area contributed by atoms with Gasteiger partial charge in [-0.15, -0.1) is 0 Å². The van der Waals surface area contributed by atoms with E-state index in [1.54, 1.807) is 17.2 Å². The minimum Gasteiger partial charge on any atom is -0.324 e. The number of aromatic nitrogens is 2. The summed E-state index contributed by atoms with van der Waals surface area (Å²) in [5, 5.41) is 3.14. The molecule has 0 bridgehead atoms. The van der Waals surface area contributed by atoms with Crippen LogP contribution < -0.4 is 10.2 Å². The number of benzene rings is 2. The Bertz CT molecular complexity index is 864. The maximum Gasteiger partial charge on any atom is 0.277 e. The molecule has 0 aliphatic carbocycles. The molecule has 0 unspecified atom stereocenters. The Hall–Kier alpha value is -3.21. The van der Waals surface area contributed by atoms with Gasteiger partial charge in [0, 0.05) is 24.1 Å². The molecule has 0 atom stereocenters. The van der Waals surface area contributed by atoms with Gasteiger partial charge in [0.15, 0.2) is 0 Å². The van der Waals surface area contributed by atoms with Gasteiger partial charge in [0.1, 0.15) is 5.69 Å². The van der Waals surface area contributed by atoms with E-state index in [1.165, 1.54) is 0 Å². The molecule has 25 heavy (non-hydrogen) atoms. The highest BCUT2D eigenvalue weighted by molar-refractivity contribution is 6.04. The van der Waals surface area contributed by atoms with Gasteiger partial charge in [0.25, 0.3) is 5.91 Å². The molecule has 1 N–H and O–H groups in total. The molecule has 1 heterocycles. The number of hydrogen-bond acceptors (Lipinski definition) is 4. The van der Waals surface area contributed by atoms with Crippen LogP contribution >= 0.6 is 0 Å². The number of rotatable bonds is 5. The lowest BCUT2D eigenvalue weighted by molar-refractivity contribution is 0.0983. The van der Waals surface area contributed by atoms with Crippen LogP contribution in [0.3, 0.4) is 0 Å². The molecular weight excluding hydrogens is 312 g/mol. The van der Waals surface area contributed by atoms with Crippen molar-refractivity contribution < 1.29 is 4.79 Å². The maximum atomic E-state index is 12.8. The molecule has 0 fully saturated rings. The molecule has 0 aliphatic rings. The Morgan fingerprint density at radius 1 is 1.08 bits per heavy atom. The van der Waals surface area contributed by atoms with E-state index < -0.39 is 0 Å². The zero-order valence-corrected chi connectivity index (χ0v) is 14.3. The number of hydrogen-bond donors (Lipinski definition) is 1. The fourth-order valence-electron chi connectivity index (χ4n) is 2.58. The minimum absolute atomic E-state index is 0.150. The highest BCUT2D eigenvalue weighted by atomic mass is 16.2. The van der Waals surface area contributed by atoms with Crippen LogP contribution in [-0.2, 0) is 0 Å². The van der Waals surface area contributed by atoms with Crippen molar-refractivity contribution in [2.45, 2.75) is 13.8 Å². The van der Waals surface area contributed by atoms with Crippen LogP contribution in [0.25, 0.3) is 0 Å². The van der Waals surface area contributed by atoms with Crippen molar-refractivity contribution in [3.8, 4) is 0 Å². The summed E-state index contributed by atoms with van der Waals surface area (Å²) < 4.78 is 0. The molecule has 3 rings (SSSR count). The predicted molar refractivity (Wildman–Crippen MR) is 100 cm³/mol. The second-order valence-electron chi connectivity index (χ2n) is 5.64. The van der Waals surface area contributed by atoms with Gasteiger partial charge in [-0.25, -0.2) is 9.97 Å². The number of aryl methyl sites for hydroxylation is 1. The van der Waals surface area contributed by atoms with Crippen molar-refractivity contribution in [3.05, 3.63) is 78.1 Å². The normalized spacial score (nSPS) is 10.3. The van der Waals surface area contributed by atoms with E-state index in [1.807, 2.05) is 68.4 Å². The molecule has 0 saturated carbocycles. The Morgan fingerprint density at radius 3 is 2.60 bits per heavy atom. The molecular formula is C20H20N4O. The summed E-state index contributed by atoms with van der Waals surface area (Å²) in [6, 6.07) is 19.1. The van der Waals surface area contributed by atoms with E-state index in [4.69, 9.17) is 0 Å². The van der Waals surface area contributed by atoms with Gasteiger partial charge >= 0.3 is 0 Å². The number of carbonyl (C=O) groups is 1. The minimum atomic E-state index is -0.150. The third-order valence-electron chi connectivity index (χ3n) is 3.78. The van der Waals surface area contributed by atoms with Crippen LogP contribution in [0.1, 0.15) is 23.0 Å². The van der Waals surface area contributed by atoms with Crippen LogP contribution in [0.4, 0.5) is 17.3 Å². The first-order valence-corrected chi connectivity index (χ1v) is 8.21. The smallest absolute Gasteiger partial charge is 0.277 e. The van der Waals surface area contributed by atoms with Crippen LogP contribution in [0.15, 0.2) is 66.9 Å². The van der Waals surface area contributed by atoms with Crippen LogP contribution in [-0.4, -0.2) is 22.4 Å². The quantitative estimate of drug-likeness (QED) is 0.761. The van der Waals surface area contributed by atoms with Gasteiger partial charge in [-0.1, -0.05) is 30.3 Å². The van der Waals surface area contributed by atoms with E-state index in [9.17, 15) is 4.79 Å². The largest absolute Gasteiger partial charge is 0.324 e. The Kier molecular flexibility index (Phi) is 5.04. The summed E-state index contributed by atoms with van der Waals surface area (Å²) in [6.07, 6.45) is 1.59. The van der Waals surface area contributed by atoms with Crippen molar-refractivity contribution in [1.29, 1.82) is 0 Å². The lowest BCUT2D eigenvalue weighted by Crippen LogP contribution is -2.31. The lowest BCUT2D eigenvalue weighted by atomic mass is 10.2. The molecule has 126 valence electrons. The third-order valence-corrected chi connectivity index (χ3v) is 3.78.